The third kappa shape index (κ3) is 5.44. The average Bonchev–Trinajstić information content (AvgIpc) is 2.75. The largest absolute Gasteiger partial charge is 0.492 e. The fraction of sp³-hybridized carbons (Fsp3) is 0.375. The molecule has 8 heteroatoms. The molecular formula is C24H26F2N2O4. The topological polar surface area (TPSA) is 55.2 Å². The van der Waals surface area contributed by atoms with Crippen molar-refractivity contribution in [1.29, 1.82) is 0 Å². The highest BCUT2D eigenvalue weighted by Gasteiger charge is 2.23. The second kappa shape index (κ2) is 9.26. The maximum absolute atomic E-state index is 13.0. The Morgan fingerprint density at radius 3 is 2.41 bits per heavy atom. The monoisotopic (exact) mass is 444 g/mol. The smallest absolute Gasteiger partial charge is 0.394 e. The Labute approximate surface area is 184 Å². The second-order valence-electron chi connectivity index (χ2n) is 8.06. The molecule has 0 atom stereocenters. The van der Waals surface area contributed by atoms with Gasteiger partial charge in [0.1, 0.15) is 30.0 Å². The number of hydrogen-bond donors (Lipinski definition) is 0. The Bertz CT molecular complexity index is 1120. The first-order valence-corrected chi connectivity index (χ1v) is 10.5. The zero-order valence-electron chi connectivity index (χ0n) is 18.1. The molecular weight excluding hydrogens is 418 g/mol. The van der Waals surface area contributed by atoms with Gasteiger partial charge in [-0.3, -0.25) is 9.69 Å². The Hall–Kier alpha value is -2.97. The summed E-state index contributed by atoms with van der Waals surface area (Å²) in [5.41, 5.74) is 1.13. The van der Waals surface area contributed by atoms with Crippen LogP contribution in [0.2, 0.25) is 0 Å². The number of likely N-dealkylation sites (N-methyl/N-ethyl adjacent to an activating group) is 1. The van der Waals surface area contributed by atoms with E-state index in [4.69, 9.17) is 9.15 Å². The molecule has 0 saturated carbocycles. The predicted octanol–water partition coefficient (Wildman–Crippen LogP) is 4.08. The first kappa shape index (κ1) is 22.2. The molecule has 1 fully saturated rings. The van der Waals surface area contributed by atoms with Crippen molar-refractivity contribution in [1.82, 2.24) is 9.80 Å². The third-order valence-corrected chi connectivity index (χ3v) is 5.48. The summed E-state index contributed by atoms with van der Waals surface area (Å²) in [4.78, 5) is 17.6. The van der Waals surface area contributed by atoms with Gasteiger partial charge in [0, 0.05) is 45.7 Å². The van der Waals surface area contributed by atoms with E-state index in [2.05, 4.69) is 21.6 Å². The van der Waals surface area contributed by atoms with Crippen molar-refractivity contribution in [3.8, 4) is 22.6 Å². The van der Waals surface area contributed by atoms with Gasteiger partial charge in [-0.15, -0.1) is 0 Å². The molecule has 0 N–H and O–H groups in total. The van der Waals surface area contributed by atoms with E-state index in [1.807, 2.05) is 0 Å². The Kier molecular flexibility index (Phi) is 6.43. The minimum atomic E-state index is -3.27. The summed E-state index contributed by atoms with van der Waals surface area (Å²) < 4.78 is 42.1. The van der Waals surface area contributed by atoms with Crippen LogP contribution in [0.4, 0.5) is 8.78 Å². The first-order chi connectivity index (χ1) is 15.3. The van der Waals surface area contributed by atoms with Gasteiger partial charge in [0.05, 0.1) is 10.9 Å². The lowest BCUT2D eigenvalue weighted by atomic mass is 10.1. The van der Waals surface area contributed by atoms with Crippen molar-refractivity contribution in [2.75, 3.05) is 46.4 Å². The summed E-state index contributed by atoms with van der Waals surface area (Å²) in [6, 6.07) is 11.0. The van der Waals surface area contributed by atoms with Crippen molar-refractivity contribution in [3.05, 3.63) is 59.0 Å². The highest BCUT2D eigenvalue weighted by atomic mass is 19.3. The quantitative estimate of drug-likeness (QED) is 0.548. The van der Waals surface area contributed by atoms with Gasteiger partial charge in [-0.05, 0) is 36.9 Å². The fourth-order valence-corrected chi connectivity index (χ4v) is 3.67. The van der Waals surface area contributed by atoms with Crippen LogP contribution in [0.3, 0.4) is 0 Å². The van der Waals surface area contributed by atoms with Crippen LogP contribution in [0.1, 0.15) is 6.92 Å². The molecule has 4 rings (SSSR count). The van der Waals surface area contributed by atoms with Gasteiger partial charge in [-0.2, -0.15) is 8.78 Å². The summed E-state index contributed by atoms with van der Waals surface area (Å²) in [7, 11) is 2.12. The van der Waals surface area contributed by atoms with Gasteiger partial charge in [-0.1, -0.05) is 12.1 Å². The van der Waals surface area contributed by atoms with Gasteiger partial charge < -0.3 is 18.8 Å². The zero-order chi connectivity index (χ0) is 22.7. The first-order valence-electron chi connectivity index (χ1n) is 10.5. The molecule has 0 unspecified atom stereocenters. The predicted molar refractivity (Wildman–Crippen MR) is 119 cm³/mol. The molecule has 6 nitrogen and oxygen atoms in total. The molecule has 170 valence electrons. The number of halogens is 2. The van der Waals surface area contributed by atoms with E-state index in [9.17, 15) is 13.6 Å². The number of fused-ring (bicyclic) bond motifs is 1. The molecule has 2 aromatic carbocycles. The highest BCUT2D eigenvalue weighted by Crippen LogP contribution is 2.26. The molecule has 1 saturated heterocycles. The SMILES string of the molecule is CN1CCN(CCOc2ccc3c(=O)c(-c4ccc(OC(C)(F)F)cc4)coc3c2)CC1. The number of nitrogens with zero attached hydrogens (tertiary/aromatic N) is 2. The molecule has 0 aliphatic carbocycles. The van der Waals surface area contributed by atoms with Crippen LogP contribution in [-0.4, -0.2) is 62.3 Å². The number of ether oxygens (including phenoxy) is 2. The second-order valence-corrected chi connectivity index (χ2v) is 8.06. The van der Waals surface area contributed by atoms with Crippen LogP contribution in [0.5, 0.6) is 11.5 Å². The van der Waals surface area contributed by atoms with E-state index in [0.717, 1.165) is 32.7 Å². The number of piperazine rings is 1. The van der Waals surface area contributed by atoms with E-state index >= 15 is 0 Å². The molecule has 0 bridgehead atoms. The normalized spacial score (nSPS) is 15.8. The summed E-state index contributed by atoms with van der Waals surface area (Å²) in [5, 5.41) is 0.425. The summed E-state index contributed by atoms with van der Waals surface area (Å²) in [6.45, 7) is 6.26. The number of alkyl halides is 2. The molecule has 0 spiro atoms. The van der Waals surface area contributed by atoms with Gasteiger partial charge >= 0.3 is 6.11 Å². The summed E-state index contributed by atoms with van der Waals surface area (Å²) in [6.07, 6.45) is -1.89. The lowest BCUT2D eigenvalue weighted by Crippen LogP contribution is -2.45. The van der Waals surface area contributed by atoms with Crippen LogP contribution in [0.25, 0.3) is 22.1 Å². The van der Waals surface area contributed by atoms with Crippen molar-refractivity contribution in [2.45, 2.75) is 13.0 Å². The molecule has 2 heterocycles. The Balaban J connectivity index is 1.44. The van der Waals surface area contributed by atoms with Crippen LogP contribution in [-0.2, 0) is 0 Å². The Morgan fingerprint density at radius 1 is 1.03 bits per heavy atom. The minimum absolute atomic E-state index is 0.0183. The standard InChI is InChI=1S/C24H26F2N2O4/c1-24(25,26)32-18-5-3-17(4-6-18)21-16-31-22-15-19(7-8-20(22)23(21)29)30-14-13-28-11-9-27(2)10-12-28/h3-8,15-16H,9-14H2,1-2H3. The van der Waals surface area contributed by atoms with Crippen molar-refractivity contribution < 1.29 is 22.7 Å². The maximum atomic E-state index is 13.0. The number of hydrogen-bond acceptors (Lipinski definition) is 6. The molecule has 1 aromatic heterocycles. The van der Waals surface area contributed by atoms with E-state index in [-0.39, 0.29) is 11.2 Å². The number of rotatable bonds is 7. The van der Waals surface area contributed by atoms with Gasteiger partial charge in [0.2, 0.25) is 0 Å². The number of benzene rings is 2. The molecule has 32 heavy (non-hydrogen) atoms. The summed E-state index contributed by atoms with van der Waals surface area (Å²) >= 11 is 0. The van der Waals surface area contributed by atoms with Gasteiger partial charge in [0.25, 0.3) is 0 Å². The zero-order valence-corrected chi connectivity index (χ0v) is 18.1. The van der Waals surface area contributed by atoms with Gasteiger partial charge in [-0.25, -0.2) is 0 Å². The fourth-order valence-electron chi connectivity index (χ4n) is 3.67. The highest BCUT2D eigenvalue weighted by molar-refractivity contribution is 5.82. The van der Waals surface area contributed by atoms with Crippen LogP contribution < -0.4 is 14.9 Å². The minimum Gasteiger partial charge on any atom is -0.492 e. The molecule has 0 radical (unpaired) electrons. The summed E-state index contributed by atoms with van der Waals surface area (Å²) in [5.74, 6) is 0.661. The molecule has 3 aromatic rings. The molecule has 0 amide bonds. The average molecular weight is 444 g/mol. The van der Waals surface area contributed by atoms with E-state index in [1.165, 1.54) is 18.4 Å². The van der Waals surface area contributed by atoms with Gasteiger partial charge in [0.15, 0.2) is 5.43 Å². The van der Waals surface area contributed by atoms with Crippen molar-refractivity contribution >= 4 is 11.0 Å². The van der Waals surface area contributed by atoms with Crippen LogP contribution in [0, 0.1) is 0 Å². The lowest BCUT2D eigenvalue weighted by molar-refractivity contribution is -0.158. The van der Waals surface area contributed by atoms with Crippen molar-refractivity contribution in [3.63, 3.8) is 0 Å². The molecule has 1 aliphatic rings. The van der Waals surface area contributed by atoms with E-state index in [1.54, 1.807) is 30.3 Å². The van der Waals surface area contributed by atoms with Crippen LogP contribution in [0.15, 0.2) is 57.9 Å². The van der Waals surface area contributed by atoms with E-state index in [0.29, 0.717) is 41.4 Å². The maximum Gasteiger partial charge on any atom is 0.394 e. The van der Waals surface area contributed by atoms with Crippen molar-refractivity contribution in [2.24, 2.45) is 0 Å². The lowest BCUT2D eigenvalue weighted by Gasteiger charge is -2.32. The third-order valence-electron chi connectivity index (χ3n) is 5.48. The molecule has 1 aliphatic heterocycles. The van der Waals surface area contributed by atoms with Crippen LogP contribution >= 0.6 is 0 Å². The Morgan fingerprint density at radius 2 is 1.72 bits per heavy atom. The van der Waals surface area contributed by atoms with E-state index < -0.39 is 6.11 Å².